The lowest BCUT2D eigenvalue weighted by Gasteiger charge is -2.08. The van der Waals surface area contributed by atoms with Crippen LogP contribution in [0, 0.1) is 0 Å². The molecule has 0 fully saturated rings. The zero-order valence-corrected chi connectivity index (χ0v) is 10.6. The standard InChI is InChI=1S/C15H15NO3/c1-2-10-3-5-11(6-4-10)19-12-7-8-14(16)13(9-12)15(17)18/h3-9H,2,16H2,1H3,(H,17,18). The van der Waals surface area contributed by atoms with Gasteiger partial charge in [-0.05, 0) is 42.3 Å². The molecule has 0 aliphatic heterocycles. The second-order valence-electron chi connectivity index (χ2n) is 4.15. The van der Waals surface area contributed by atoms with Crippen molar-refractivity contribution in [2.75, 3.05) is 5.73 Å². The van der Waals surface area contributed by atoms with Crippen LogP contribution in [0.1, 0.15) is 22.8 Å². The number of benzene rings is 2. The van der Waals surface area contributed by atoms with Crippen molar-refractivity contribution < 1.29 is 14.6 Å². The van der Waals surface area contributed by atoms with E-state index in [0.29, 0.717) is 11.5 Å². The minimum Gasteiger partial charge on any atom is -0.478 e. The fourth-order valence-electron chi connectivity index (χ4n) is 1.71. The Morgan fingerprint density at radius 2 is 1.79 bits per heavy atom. The summed E-state index contributed by atoms with van der Waals surface area (Å²) in [7, 11) is 0. The lowest BCUT2D eigenvalue weighted by molar-refractivity contribution is 0.0697. The van der Waals surface area contributed by atoms with E-state index in [1.165, 1.54) is 17.7 Å². The topological polar surface area (TPSA) is 72.5 Å². The number of rotatable bonds is 4. The Hall–Kier alpha value is -2.49. The summed E-state index contributed by atoms with van der Waals surface area (Å²) in [6.07, 6.45) is 0.964. The Morgan fingerprint density at radius 1 is 1.16 bits per heavy atom. The van der Waals surface area contributed by atoms with Gasteiger partial charge in [-0.15, -0.1) is 0 Å². The first kappa shape index (κ1) is 13.0. The summed E-state index contributed by atoms with van der Waals surface area (Å²) in [5.41, 5.74) is 7.07. The molecular weight excluding hydrogens is 242 g/mol. The van der Waals surface area contributed by atoms with Crippen LogP contribution in [-0.4, -0.2) is 11.1 Å². The molecular formula is C15H15NO3. The minimum absolute atomic E-state index is 0.0441. The number of carboxylic acids is 1. The summed E-state index contributed by atoms with van der Waals surface area (Å²) in [6.45, 7) is 2.08. The van der Waals surface area contributed by atoms with Crippen LogP contribution in [-0.2, 0) is 6.42 Å². The van der Waals surface area contributed by atoms with Crippen LogP contribution < -0.4 is 10.5 Å². The van der Waals surface area contributed by atoms with E-state index in [9.17, 15) is 4.79 Å². The lowest BCUT2D eigenvalue weighted by Crippen LogP contribution is -2.02. The average molecular weight is 257 g/mol. The van der Waals surface area contributed by atoms with E-state index in [0.717, 1.165) is 6.42 Å². The smallest absolute Gasteiger partial charge is 0.337 e. The Kier molecular flexibility index (Phi) is 3.71. The first-order valence-electron chi connectivity index (χ1n) is 5.99. The van der Waals surface area contributed by atoms with Crippen molar-refractivity contribution in [1.82, 2.24) is 0 Å². The molecule has 0 atom stereocenters. The predicted molar refractivity (Wildman–Crippen MR) is 73.7 cm³/mol. The number of ether oxygens (including phenoxy) is 1. The van der Waals surface area contributed by atoms with Crippen molar-refractivity contribution in [3.8, 4) is 11.5 Å². The molecule has 2 aromatic carbocycles. The van der Waals surface area contributed by atoms with Crippen molar-refractivity contribution in [1.29, 1.82) is 0 Å². The van der Waals surface area contributed by atoms with Crippen LogP contribution in [0.2, 0.25) is 0 Å². The van der Waals surface area contributed by atoms with Crippen molar-refractivity contribution in [3.63, 3.8) is 0 Å². The lowest BCUT2D eigenvalue weighted by atomic mass is 10.1. The third kappa shape index (κ3) is 3.04. The van der Waals surface area contributed by atoms with Crippen LogP contribution in [0.4, 0.5) is 5.69 Å². The normalized spacial score (nSPS) is 10.2. The highest BCUT2D eigenvalue weighted by Gasteiger charge is 2.09. The van der Waals surface area contributed by atoms with E-state index in [4.69, 9.17) is 15.6 Å². The number of aryl methyl sites for hydroxylation is 1. The maximum absolute atomic E-state index is 11.0. The summed E-state index contributed by atoms with van der Waals surface area (Å²) >= 11 is 0. The van der Waals surface area contributed by atoms with Crippen molar-refractivity contribution in [2.24, 2.45) is 0 Å². The van der Waals surface area contributed by atoms with Gasteiger partial charge in [0, 0.05) is 5.69 Å². The van der Waals surface area contributed by atoms with Crippen molar-refractivity contribution >= 4 is 11.7 Å². The molecule has 0 saturated carbocycles. The fourth-order valence-corrected chi connectivity index (χ4v) is 1.71. The number of nitrogens with two attached hydrogens (primary N) is 1. The SMILES string of the molecule is CCc1ccc(Oc2ccc(N)c(C(=O)O)c2)cc1. The van der Waals surface area contributed by atoms with Gasteiger partial charge in [0.25, 0.3) is 0 Å². The van der Waals surface area contributed by atoms with Gasteiger partial charge in [0.05, 0.1) is 5.56 Å². The van der Waals surface area contributed by atoms with Gasteiger partial charge in [-0.25, -0.2) is 4.79 Å². The summed E-state index contributed by atoms with van der Waals surface area (Å²) in [4.78, 5) is 11.0. The van der Waals surface area contributed by atoms with Crippen molar-refractivity contribution in [3.05, 3.63) is 53.6 Å². The average Bonchev–Trinajstić information content (AvgIpc) is 2.41. The molecule has 0 radical (unpaired) electrons. The zero-order chi connectivity index (χ0) is 13.8. The molecule has 0 saturated heterocycles. The molecule has 0 unspecified atom stereocenters. The molecule has 2 rings (SSSR count). The molecule has 0 bridgehead atoms. The minimum atomic E-state index is -1.07. The molecule has 0 amide bonds. The van der Waals surface area contributed by atoms with Gasteiger partial charge in [-0.2, -0.15) is 0 Å². The highest BCUT2D eigenvalue weighted by Crippen LogP contribution is 2.25. The Morgan fingerprint density at radius 3 is 2.37 bits per heavy atom. The largest absolute Gasteiger partial charge is 0.478 e. The Bertz CT molecular complexity index is 591. The summed E-state index contributed by atoms with van der Waals surface area (Å²) < 4.78 is 5.60. The quantitative estimate of drug-likeness (QED) is 0.824. The van der Waals surface area contributed by atoms with E-state index >= 15 is 0 Å². The van der Waals surface area contributed by atoms with Crippen LogP contribution in [0.25, 0.3) is 0 Å². The third-order valence-corrected chi connectivity index (χ3v) is 2.82. The summed E-state index contributed by atoms with van der Waals surface area (Å²) in [5.74, 6) is 0.0541. The second kappa shape index (κ2) is 5.44. The highest BCUT2D eigenvalue weighted by atomic mass is 16.5. The van der Waals surface area contributed by atoms with Crippen LogP contribution in [0.15, 0.2) is 42.5 Å². The summed E-state index contributed by atoms with van der Waals surface area (Å²) in [6, 6.07) is 12.3. The van der Waals surface area contributed by atoms with Crippen molar-refractivity contribution in [2.45, 2.75) is 13.3 Å². The van der Waals surface area contributed by atoms with Gasteiger partial charge < -0.3 is 15.6 Å². The van der Waals surface area contributed by atoms with E-state index < -0.39 is 5.97 Å². The highest BCUT2D eigenvalue weighted by molar-refractivity contribution is 5.94. The maximum atomic E-state index is 11.0. The van der Waals surface area contributed by atoms with E-state index in [1.807, 2.05) is 24.3 Å². The van der Waals surface area contributed by atoms with Gasteiger partial charge in [-0.3, -0.25) is 0 Å². The van der Waals surface area contributed by atoms with Gasteiger partial charge in [0.1, 0.15) is 11.5 Å². The molecule has 0 aromatic heterocycles. The Labute approximate surface area is 111 Å². The summed E-state index contributed by atoms with van der Waals surface area (Å²) in [5, 5.41) is 8.99. The van der Waals surface area contributed by atoms with Gasteiger partial charge >= 0.3 is 5.97 Å². The number of anilines is 1. The molecule has 0 spiro atoms. The maximum Gasteiger partial charge on any atom is 0.337 e. The number of carboxylic acid groups (broad SMARTS) is 1. The van der Waals surface area contributed by atoms with Crippen LogP contribution in [0.3, 0.4) is 0 Å². The molecule has 0 aliphatic carbocycles. The molecule has 2 aromatic rings. The Balaban J connectivity index is 2.22. The number of aromatic carboxylic acids is 1. The molecule has 98 valence electrons. The van der Waals surface area contributed by atoms with Gasteiger partial charge in [-0.1, -0.05) is 19.1 Å². The first-order chi connectivity index (χ1) is 9.10. The number of carbonyl (C=O) groups is 1. The first-order valence-corrected chi connectivity index (χ1v) is 5.99. The van der Waals surface area contributed by atoms with Gasteiger partial charge in [0.15, 0.2) is 0 Å². The molecule has 4 heteroatoms. The fraction of sp³-hybridized carbons (Fsp3) is 0.133. The molecule has 4 nitrogen and oxygen atoms in total. The molecule has 19 heavy (non-hydrogen) atoms. The number of hydrogen-bond acceptors (Lipinski definition) is 3. The van der Waals surface area contributed by atoms with E-state index in [-0.39, 0.29) is 11.3 Å². The predicted octanol–water partition coefficient (Wildman–Crippen LogP) is 3.32. The molecule has 0 aliphatic rings. The van der Waals surface area contributed by atoms with E-state index in [2.05, 4.69) is 6.92 Å². The zero-order valence-electron chi connectivity index (χ0n) is 10.6. The second-order valence-corrected chi connectivity index (χ2v) is 4.15. The van der Waals surface area contributed by atoms with Gasteiger partial charge in [0.2, 0.25) is 0 Å². The monoisotopic (exact) mass is 257 g/mol. The van der Waals surface area contributed by atoms with E-state index in [1.54, 1.807) is 6.07 Å². The number of hydrogen-bond donors (Lipinski definition) is 2. The van der Waals surface area contributed by atoms with Crippen LogP contribution in [0.5, 0.6) is 11.5 Å². The number of nitrogen functional groups attached to an aromatic ring is 1. The third-order valence-electron chi connectivity index (χ3n) is 2.82. The molecule has 0 heterocycles. The molecule has 3 N–H and O–H groups in total. The van der Waals surface area contributed by atoms with Crippen LogP contribution >= 0.6 is 0 Å².